The van der Waals surface area contributed by atoms with Crippen LogP contribution < -0.4 is 5.32 Å². The van der Waals surface area contributed by atoms with Crippen LogP contribution in [-0.2, 0) is 19.1 Å². The molecule has 0 aliphatic heterocycles. The largest absolute Gasteiger partial charge is 0.460 e. The first-order valence-corrected chi connectivity index (χ1v) is 9.12. The molecule has 1 atom stereocenters. The van der Waals surface area contributed by atoms with Crippen molar-refractivity contribution < 1.29 is 23.9 Å². The second-order valence-corrected chi connectivity index (χ2v) is 8.87. The van der Waals surface area contributed by atoms with E-state index in [1.807, 2.05) is 20.8 Å². The molecule has 0 aromatic carbocycles. The standard InChI is InChI=1S/C17H31NO5S/c1-12(19)24-11-10-13(18-15(21)23-17(5,6)7)8-9-14(20)22-16(2,3)4/h13H,8-11H2,1-7H3,(H,18,21)/t13-/m0/s1. The lowest BCUT2D eigenvalue weighted by atomic mass is 10.1. The molecule has 24 heavy (non-hydrogen) atoms. The number of esters is 1. The maximum absolute atomic E-state index is 11.9. The molecule has 0 saturated heterocycles. The summed E-state index contributed by atoms with van der Waals surface area (Å²) >= 11 is 1.20. The number of ether oxygens (including phenoxy) is 2. The molecule has 7 heteroatoms. The van der Waals surface area contributed by atoms with Gasteiger partial charge in [-0.25, -0.2) is 4.79 Å². The Bertz CT molecular complexity index is 437. The highest BCUT2D eigenvalue weighted by atomic mass is 32.2. The average Bonchev–Trinajstić information content (AvgIpc) is 2.30. The summed E-state index contributed by atoms with van der Waals surface area (Å²) < 4.78 is 10.5. The van der Waals surface area contributed by atoms with Gasteiger partial charge in [0, 0.05) is 25.1 Å². The van der Waals surface area contributed by atoms with E-state index in [2.05, 4.69) is 5.32 Å². The monoisotopic (exact) mass is 361 g/mol. The number of rotatable bonds is 7. The van der Waals surface area contributed by atoms with Crippen LogP contribution in [0.2, 0.25) is 0 Å². The van der Waals surface area contributed by atoms with E-state index in [-0.39, 0.29) is 23.5 Å². The van der Waals surface area contributed by atoms with Crippen molar-refractivity contribution in [1.82, 2.24) is 5.32 Å². The van der Waals surface area contributed by atoms with E-state index in [0.29, 0.717) is 18.6 Å². The second-order valence-electron chi connectivity index (χ2n) is 7.60. The SMILES string of the molecule is CC(=O)SCC[C@H](CCC(=O)OC(C)(C)C)NC(=O)OC(C)(C)C. The topological polar surface area (TPSA) is 81.7 Å². The Morgan fingerprint density at radius 2 is 1.50 bits per heavy atom. The molecular formula is C17H31NO5S. The number of hydrogen-bond acceptors (Lipinski definition) is 6. The number of carbonyl (C=O) groups is 3. The third kappa shape index (κ3) is 14.4. The minimum atomic E-state index is -0.589. The number of thioether (sulfide) groups is 1. The van der Waals surface area contributed by atoms with Crippen LogP contribution in [0, 0.1) is 0 Å². The number of amides is 1. The fourth-order valence-electron chi connectivity index (χ4n) is 1.79. The van der Waals surface area contributed by atoms with Gasteiger partial charge in [-0.15, -0.1) is 0 Å². The Morgan fingerprint density at radius 1 is 0.958 bits per heavy atom. The zero-order valence-corrected chi connectivity index (χ0v) is 16.7. The van der Waals surface area contributed by atoms with Crippen LogP contribution in [0.4, 0.5) is 4.79 Å². The molecule has 0 radical (unpaired) electrons. The summed E-state index contributed by atoms with van der Waals surface area (Å²) in [5.41, 5.74) is -1.12. The lowest BCUT2D eigenvalue weighted by molar-refractivity contribution is -0.155. The molecule has 0 bridgehead atoms. The molecule has 0 unspecified atom stereocenters. The smallest absolute Gasteiger partial charge is 0.407 e. The van der Waals surface area contributed by atoms with E-state index < -0.39 is 17.3 Å². The fourth-order valence-corrected chi connectivity index (χ4v) is 2.48. The molecule has 0 spiro atoms. The maximum atomic E-state index is 11.9. The first-order valence-electron chi connectivity index (χ1n) is 8.13. The molecule has 0 rings (SSSR count). The molecule has 1 amide bonds. The molecule has 1 N–H and O–H groups in total. The lowest BCUT2D eigenvalue weighted by Gasteiger charge is -2.24. The first kappa shape index (κ1) is 22.8. The molecule has 0 aliphatic rings. The quantitative estimate of drug-likeness (QED) is 0.697. The highest BCUT2D eigenvalue weighted by molar-refractivity contribution is 8.13. The van der Waals surface area contributed by atoms with Gasteiger partial charge in [-0.05, 0) is 54.4 Å². The maximum Gasteiger partial charge on any atom is 0.407 e. The number of alkyl carbamates (subject to hydrolysis) is 1. The summed E-state index contributed by atoms with van der Waals surface area (Å²) in [7, 11) is 0. The average molecular weight is 362 g/mol. The first-order chi connectivity index (χ1) is 10.8. The summed E-state index contributed by atoms with van der Waals surface area (Å²) in [5, 5.41) is 2.80. The van der Waals surface area contributed by atoms with E-state index in [1.54, 1.807) is 20.8 Å². The molecule has 0 fully saturated rings. The van der Waals surface area contributed by atoms with Crippen molar-refractivity contribution in [2.45, 2.75) is 85.0 Å². The molecule has 140 valence electrons. The molecular weight excluding hydrogens is 330 g/mol. The molecule has 0 aromatic heterocycles. The van der Waals surface area contributed by atoms with Crippen LogP contribution >= 0.6 is 11.8 Å². The zero-order valence-electron chi connectivity index (χ0n) is 15.9. The van der Waals surface area contributed by atoms with Gasteiger partial charge >= 0.3 is 12.1 Å². The Balaban J connectivity index is 4.54. The van der Waals surface area contributed by atoms with Gasteiger partial charge in [-0.1, -0.05) is 11.8 Å². The van der Waals surface area contributed by atoms with Crippen LogP contribution in [0.3, 0.4) is 0 Å². The van der Waals surface area contributed by atoms with Crippen molar-refractivity contribution in [3.05, 3.63) is 0 Å². The number of carbonyl (C=O) groups excluding carboxylic acids is 3. The van der Waals surface area contributed by atoms with Crippen LogP contribution in [-0.4, -0.2) is 40.2 Å². The van der Waals surface area contributed by atoms with Gasteiger partial charge in [0.1, 0.15) is 11.2 Å². The third-order valence-electron chi connectivity index (χ3n) is 2.61. The van der Waals surface area contributed by atoms with Crippen LogP contribution in [0.15, 0.2) is 0 Å². The summed E-state index contributed by atoms with van der Waals surface area (Å²) in [5.74, 6) is 0.266. The Morgan fingerprint density at radius 3 is 1.96 bits per heavy atom. The van der Waals surface area contributed by atoms with Gasteiger partial charge in [0.25, 0.3) is 0 Å². The Labute approximate surface area is 149 Å². The van der Waals surface area contributed by atoms with Crippen LogP contribution in [0.25, 0.3) is 0 Å². The van der Waals surface area contributed by atoms with E-state index in [1.165, 1.54) is 18.7 Å². The van der Waals surface area contributed by atoms with Crippen LogP contribution in [0.5, 0.6) is 0 Å². The van der Waals surface area contributed by atoms with Gasteiger partial charge in [0.2, 0.25) is 0 Å². The van der Waals surface area contributed by atoms with Gasteiger partial charge in [-0.3, -0.25) is 9.59 Å². The highest BCUT2D eigenvalue weighted by Crippen LogP contribution is 2.14. The fraction of sp³-hybridized carbons (Fsp3) is 0.824. The van der Waals surface area contributed by atoms with E-state index in [0.717, 1.165) is 0 Å². The normalized spacial score (nSPS) is 13.1. The number of hydrogen-bond donors (Lipinski definition) is 1. The lowest BCUT2D eigenvalue weighted by Crippen LogP contribution is -2.40. The van der Waals surface area contributed by atoms with Crippen molar-refractivity contribution >= 4 is 28.9 Å². The second kappa shape index (κ2) is 9.91. The number of nitrogens with one attached hydrogen (secondary N) is 1. The predicted molar refractivity (Wildman–Crippen MR) is 96.0 cm³/mol. The molecule has 0 heterocycles. The minimum Gasteiger partial charge on any atom is -0.460 e. The summed E-state index contributed by atoms with van der Waals surface area (Å²) in [6.07, 6.45) is 0.686. The van der Waals surface area contributed by atoms with E-state index in [4.69, 9.17) is 9.47 Å². The van der Waals surface area contributed by atoms with E-state index >= 15 is 0 Å². The summed E-state index contributed by atoms with van der Waals surface area (Å²) in [6, 6.07) is -0.251. The van der Waals surface area contributed by atoms with Crippen molar-refractivity contribution in [2.75, 3.05) is 5.75 Å². The van der Waals surface area contributed by atoms with Gasteiger partial charge in [0.15, 0.2) is 5.12 Å². The van der Waals surface area contributed by atoms with Crippen LogP contribution in [0.1, 0.15) is 67.7 Å². The molecule has 0 saturated carbocycles. The zero-order chi connectivity index (χ0) is 19.0. The van der Waals surface area contributed by atoms with Gasteiger partial charge in [-0.2, -0.15) is 0 Å². The summed E-state index contributed by atoms with van der Waals surface area (Å²) in [4.78, 5) is 34.8. The van der Waals surface area contributed by atoms with Crippen molar-refractivity contribution in [2.24, 2.45) is 0 Å². The predicted octanol–water partition coefficient (Wildman–Crippen LogP) is 3.67. The van der Waals surface area contributed by atoms with Crippen molar-refractivity contribution in [1.29, 1.82) is 0 Å². The van der Waals surface area contributed by atoms with E-state index in [9.17, 15) is 14.4 Å². The van der Waals surface area contributed by atoms with Crippen molar-refractivity contribution in [3.8, 4) is 0 Å². The van der Waals surface area contributed by atoms with Crippen molar-refractivity contribution in [3.63, 3.8) is 0 Å². The molecule has 0 aliphatic carbocycles. The molecule has 0 aromatic rings. The van der Waals surface area contributed by atoms with Gasteiger partial charge < -0.3 is 14.8 Å². The highest BCUT2D eigenvalue weighted by Gasteiger charge is 2.22. The Hall–Kier alpha value is -1.24. The third-order valence-corrected chi connectivity index (χ3v) is 3.46. The molecule has 6 nitrogen and oxygen atoms in total. The minimum absolute atomic E-state index is 0.0261. The Kier molecular flexibility index (Phi) is 9.40. The summed E-state index contributed by atoms with van der Waals surface area (Å²) in [6.45, 7) is 12.3. The van der Waals surface area contributed by atoms with Gasteiger partial charge in [0.05, 0.1) is 0 Å².